The Labute approximate surface area is 90.3 Å². The van der Waals surface area contributed by atoms with E-state index in [0.717, 1.165) is 0 Å². The normalized spacial score (nSPS) is 11.8. The Kier molecular flexibility index (Phi) is 12.8. The van der Waals surface area contributed by atoms with E-state index in [4.69, 9.17) is 0 Å². The van der Waals surface area contributed by atoms with E-state index in [-0.39, 0.29) is 45.8 Å². The number of hydrogen-bond acceptors (Lipinski definition) is 6. The van der Waals surface area contributed by atoms with Gasteiger partial charge in [-0.3, -0.25) is 0 Å². The predicted octanol–water partition coefficient (Wildman–Crippen LogP) is -0.557. The molecule has 0 aromatic rings. The van der Waals surface area contributed by atoms with Crippen LogP contribution in [0.5, 0.6) is 0 Å². The Bertz CT molecular complexity index is 136. The van der Waals surface area contributed by atoms with E-state index >= 15 is 0 Å². The molecule has 0 aliphatic carbocycles. The van der Waals surface area contributed by atoms with E-state index in [0.29, 0.717) is 0 Å². The fourth-order valence-electron chi connectivity index (χ4n) is 0.337. The molecule has 0 saturated heterocycles. The maximum atomic E-state index is 9.75. The summed E-state index contributed by atoms with van der Waals surface area (Å²) in [6.45, 7) is -0.107. The molecule has 0 aliphatic heterocycles. The van der Waals surface area contributed by atoms with Gasteiger partial charge in [0, 0.05) is 6.42 Å². The van der Waals surface area contributed by atoms with Gasteiger partial charge in [0.05, 0.1) is 0 Å². The van der Waals surface area contributed by atoms with Crippen LogP contribution in [0.15, 0.2) is 0 Å². The van der Waals surface area contributed by atoms with Crippen LogP contribution in [0.1, 0.15) is 6.42 Å². The molecule has 0 N–H and O–H groups in total. The van der Waals surface area contributed by atoms with Gasteiger partial charge in [-0.2, -0.15) is 0 Å². The first-order chi connectivity index (χ1) is 5.13. The summed E-state index contributed by atoms with van der Waals surface area (Å²) in [6.07, 6.45) is 0.229. The van der Waals surface area contributed by atoms with Crippen molar-refractivity contribution < 1.29 is 54.2 Å². The van der Waals surface area contributed by atoms with Crippen molar-refractivity contribution in [3.8, 4) is 0 Å². The van der Waals surface area contributed by atoms with Gasteiger partial charge in [0.1, 0.15) is 13.2 Å². The van der Waals surface area contributed by atoms with Gasteiger partial charge < -0.3 is 9.79 Å². The molecule has 2 atom stereocenters. The van der Waals surface area contributed by atoms with E-state index in [1.807, 2.05) is 0 Å². The summed E-state index contributed by atoms with van der Waals surface area (Å²) in [5.41, 5.74) is 0. The molecule has 2 unspecified atom stereocenters. The fraction of sp³-hybridized carbons (Fsp3) is 1.00. The first kappa shape index (κ1) is 15.4. The largest absolute Gasteiger partial charge is 2.00 e. The maximum Gasteiger partial charge on any atom is 2.00 e. The van der Waals surface area contributed by atoms with Gasteiger partial charge in [0.15, 0.2) is 0 Å². The fourth-order valence-corrected chi connectivity index (χ4v) is 0.893. The summed E-state index contributed by atoms with van der Waals surface area (Å²) in [5.74, 6) is 0. The molecule has 0 saturated carbocycles. The van der Waals surface area contributed by atoms with Crippen LogP contribution >= 0.6 is 16.5 Å². The molecule has 0 aromatic heterocycles. The minimum absolute atomic E-state index is 0. The van der Waals surface area contributed by atoms with E-state index < -0.39 is 16.5 Å². The molecule has 0 aromatic carbocycles. The number of hydrogen-bond donors (Lipinski definition) is 0. The van der Waals surface area contributed by atoms with Crippen LogP contribution in [-0.2, 0) is 44.4 Å². The topological polar surface area (TPSA) is 98.7 Å². The van der Waals surface area contributed by atoms with Crippen molar-refractivity contribution in [2.75, 3.05) is 13.2 Å². The molecular weight excluding hydrogens is 285 g/mol. The first-order valence-corrected chi connectivity index (χ1v) is 4.86. The standard InChI is InChI=1S/C3H6O6P2.Zr/c4-10(5)8-2-1-3-9-11(6)7;/h1-3H2;/q;+2. The van der Waals surface area contributed by atoms with Crippen molar-refractivity contribution in [1.82, 2.24) is 0 Å². The monoisotopic (exact) mass is 290 g/mol. The van der Waals surface area contributed by atoms with Gasteiger partial charge in [0.25, 0.3) is 0 Å². The Morgan fingerprint density at radius 2 is 1.33 bits per heavy atom. The van der Waals surface area contributed by atoms with Crippen LogP contribution in [0.2, 0.25) is 0 Å². The van der Waals surface area contributed by atoms with Crippen molar-refractivity contribution in [3.63, 3.8) is 0 Å². The third-order valence-corrected chi connectivity index (χ3v) is 1.47. The van der Waals surface area contributed by atoms with Crippen LogP contribution in [-0.4, -0.2) is 13.2 Å². The predicted molar refractivity (Wildman–Crippen MR) is 31.7 cm³/mol. The summed E-state index contributed by atoms with van der Waals surface area (Å²) in [6, 6.07) is 0. The van der Waals surface area contributed by atoms with Crippen LogP contribution in [0.3, 0.4) is 0 Å². The van der Waals surface area contributed by atoms with Crippen molar-refractivity contribution >= 4 is 16.5 Å². The second kappa shape index (κ2) is 10.0. The molecule has 12 heavy (non-hydrogen) atoms. The van der Waals surface area contributed by atoms with Crippen molar-refractivity contribution in [1.29, 1.82) is 0 Å². The van der Waals surface area contributed by atoms with E-state index in [1.165, 1.54) is 0 Å². The molecule has 0 fully saturated rings. The Morgan fingerprint density at radius 3 is 1.58 bits per heavy atom. The second-order valence-corrected chi connectivity index (χ2v) is 2.88. The molecule has 66 valence electrons. The van der Waals surface area contributed by atoms with Gasteiger partial charge in [0.2, 0.25) is 0 Å². The number of rotatable bonds is 6. The third-order valence-electron chi connectivity index (χ3n) is 0.682. The van der Waals surface area contributed by atoms with Crippen LogP contribution < -0.4 is 9.79 Å². The molecule has 0 rings (SSSR count). The first-order valence-electron chi connectivity index (χ1n) is 2.67. The molecule has 0 heterocycles. The summed E-state index contributed by atoms with van der Waals surface area (Å²) in [4.78, 5) is 19.5. The molecule has 9 heteroatoms. The summed E-state index contributed by atoms with van der Waals surface area (Å²) < 4.78 is 27.7. The van der Waals surface area contributed by atoms with Crippen LogP contribution in [0.25, 0.3) is 0 Å². The Hall–Kier alpha value is 0.923. The quantitative estimate of drug-likeness (QED) is 0.480. The maximum absolute atomic E-state index is 9.75. The average Bonchev–Trinajstić information content (AvgIpc) is 1.85. The zero-order valence-electron chi connectivity index (χ0n) is 5.97. The van der Waals surface area contributed by atoms with E-state index in [1.54, 1.807) is 0 Å². The zero-order valence-corrected chi connectivity index (χ0v) is 10.2. The SMILES string of the molecule is O=[P+]([O-])OCCCO[P+](=O)[O-].[Zr+2]. The second-order valence-electron chi connectivity index (χ2n) is 1.47. The minimum atomic E-state index is -2.84. The summed E-state index contributed by atoms with van der Waals surface area (Å²) in [7, 11) is -5.68. The van der Waals surface area contributed by atoms with Crippen LogP contribution in [0, 0.1) is 0 Å². The van der Waals surface area contributed by atoms with Gasteiger partial charge in [-0.25, -0.2) is 0 Å². The van der Waals surface area contributed by atoms with Crippen molar-refractivity contribution in [2.45, 2.75) is 6.42 Å². The Balaban J connectivity index is 0. The van der Waals surface area contributed by atoms with Gasteiger partial charge >= 0.3 is 42.7 Å². The van der Waals surface area contributed by atoms with E-state index in [2.05, 4.69) is 9.05 Å². The zero-order chi connectivity index (χ0) is 8.69. The smallest absolute Gasteiger partial charge is 0.566 e. The van der Waals surface area contributed by atoms with Crippen molar-refractivity contribution in [2.24, 2.45) is 0 Å². The molecule has 0 radical (unpaired) electrons. The molecular formula is C3H6O6P2Zr+2. The molecule has 0 aliphatic rings. The molecule has 0 spiro atoms. The van der Waals surface area contributed by atoms with Gasteiger partial charge in [-0.1, -0.05) is 0 Å². The summed E-state index contributed by atoms with van der Waals surface area (Å²) >= 11 is 0. The van der Waals surface area contributed by atoms with E-state index in [9.17, 15) is 18.9 Å². The third kappa shape index (κ3) is 13.5. The van der Waals surface area contributed by atoms with Crippen LogP contribution in [0.4, 0.5) is 0 Å². The summed E-state index contributed by atoms with van der Waals surface area (Å²) in [5, 5.41) is 0. The minimum Gasteiger partial charge on any atom is -0.566 e. The van der Waals surface area contributed by atoms with Crippen molar-refractivity contribution in [3.05, 3.63) is 0 Å². The molecule has 0 bridgehead atoms. The molecule has 0 amide bonds. The molecule has 6 nitrogen and oxygen atoms in total. The average molecular weight is 291 g/mol. The van der Waals surface area contributed by atoms with Gasteiger partial charge in [-0.15, -0.1) is 9.05 Å². The Morgan fingerprint density at radius 1 is 1.00 bits per heavy atom. The van der Waals surface area contributed by atoms with Gasteiger partial charge in [-0.05, 0) is 9.13 Å².